The van der Waals surface area contributed by atoms with Crippen LogP contribution in [0, 0.1) is 0 Å². The normalized spacial score (nSPS) is 14.1. The van der Waals surface area contributed by atoms with Gasteiger partial charge in [0.2, 0.25) is 0 Å². The fourth-order valence-corrected chi connectivity index (χ4v) is 3.92. The Morgan fingerprint density at radius 3 is 2.36 bits per heavy atom. The summed E-state index contributed by atoms with van der Waals surface area (Å²) in [6, 6.07) is 6.03. The lowest BCUT2D eigenvalue weighted by Gasteiger charge is -2.23. The van der Waals surface area contributed by atoms with Crippen LogP contribution in [0.4, 0.5) is 0 Å². The Labute approximate surface area is 163 Å². The third-order valence-electron chi connectivity index (χ3n) is 4.43. The second kappa shape index (κ2) is 6.93. The van der Waals surface area contributed by atoms with Gasteiger partial charge < -0.3 is 4.74 Å². The van der Waals surface area contributed by atoms with Crippen LogP contribution in [0.2, 0.25) is 0 Å². The van der Waals surface area contributed by atoms with Crippen LogP contribution in [0.3, 0.4) is 0 Å². The van der Waals surface area contributed by atoms with E-state index in [1.54, 1.807) is 31.2 Å². The first-order valence-corrected chi connectivity index (χ1v) is 9.17. The van der Waals surface area contributed by atoms with E-state index in [-0.39, 0.29) is 11.8 Å². The second-order valence-electron chi connectivity index (χ2n) is 6.01. The zero-order valence-electron chi connectivity index (χ0n) is 14.9. The molecule has 8 nitrogen and oxygen atoms in total. The molecule has 0 aliphatic carbocycles. The van der Waals surface area contributed by atoms with Gasteiger partial charge in [-0.3, -0.25) is 24.5 Å². The molecule has 0 spiro atoms. The molecular weight excluding hydrogens is 380 g/mol. The quantitative estimate of drug-likeness (QED) is 0.495. The summed E-state index contributed by atoms with van der Waals surface area (Å²) < 4.78 is 4.71. The maximum Gasteiger partial charge on any atom is 0.349 e. The van der Waals surface area contributed by atoms with Crippen molar-refractivity contribution in [2.75, 3.05) is 7.11 Å². The topological polar surface area (TPSA) is 102 Å². The third-order valence-corrected chi connectivity index (χ3v) is 5.41. The Morgan fingerprint density at radius 1 is 1.07 bits per heavy atom. The Hall–Kier alpha value is -3.46. The van der Waals surface area contributed by atoms with Gasteiger partial charge in [0.05, 0.1) is 36.2 Å². The molecule has 9 heteroatoms. The van der Waals surface area contributed by atoms with Crippen LogP contribution in [0.15, 0.2) is 42.9 Å². The van der Waals surface area contributed by atoms with Gasteiger partial charge in [-0.15, -0.1) is 11.3 Å². The van der Waals surface area contributed by atoms with Gasteiger partial charge in [0.1, 0.15) is 15.6 Å². The molecule has 0 radical (unpaired) electrons. The zero-order chi connectivity index (χ0) is 19.8. The molecule has 4 rings (SSSR count). The zero-order valence-corrected chi connectivity index (χ0v) is 15.8. The van der Waals surface area contributed by atoms with Crippen molar-refractivity contribution in [1.82, 2.24) is 19.9 Å². The highest BCUT2D eigenvalue weighted by molar-refractivity contribution is 7.16. The van der Waals surface area contributed by atoms with Gasteiger partial charge in [0, 0.05) is 12.4 Å². The summed E-state index contributed by atoms with van der Waals surface area (Å²) in [5.74, 6) is -1.25. The molecule has 2 aromatic heterocycles. The average Bonchev–Trinajstić information content (AvgIpc) is 3.31. The summed E-state index contributed by atoms with van der Waals surface area (Å²) in [4.78, 5) is 51.7. The van der Waals surface area contributed by atoms with Crippen molar-refractivity contribution in [2.24, 2.45) is 0 Å². The number of fused-ring (bicyclic) bond motifs is 1. The molecule has 0 saturated carbocycles. The third kappa shape index (κ3) is 2.76. The predicted octanol–water partition coefficient (Wildman–Crippen LogP) is 2.74. The van der Waals surface area contributed by atoms with E-state index in [9.17, 15) is 14.4 Å². The largest absolute Gasteiger partial charge is 0.465 e. The summed E-state index contributed by atoms with van der Waals surface area (Å²) >= 11 is 1.11. The Morgan fingerprint density at radius 2 is 1.71 bits per heavy atom. The van der Waals surface area contributed by atoms with Crippen molar-refractivity contribution in [2.45, 2.75) is 13.0 Å². The number of esters is 1. The van der Waals surface area contributed by atoms with E-state index in [0.717, 1.165) is 11.3 Å². The first-order chi connectivity index (χ1) is 13.5. The Kier molecular flexibility index (Phi) is 4.44. The summed E-state index contributed by atoms with van der Waals surface area (Å²) in [7, 11) is 1.29. The molecule has 3 heterocycles. The van der Waals surface area contributed by atoms with Gasteiger partial charge in [0.15, 0.2) is 0 Å². The summed E-state index contributed by atoms with van der Waals surface area (Å²) in [6.07, 6.45) is 4.38. The van der Waals surface area contributed by atoms with Gasteiger partial charge in [-0.1, -0.05) is 12.1 Å². The summed E-state index contributed by atoms with van der Waals surface area (Å²) in [5.41, 5.74) is 1.56. The Balaban J connectivity index is 1.73. The molecule has 1 aliphatic rings. The number of methoxy groups -OCH3 is 1. The lowest BCUT2D eigenvalue weighted by molar-refractivity contribution is 0.0585. The number of hydrogen-bond donors (Lipinski definition) is 0. The van der Waals surface area contributed by atoms with Gasteiger partial charge in [-0.25, -0.2) is 9.78 Å². The number of rotatable bonds is 4. The second-order valence-corrected chi connectivity index (χ2v) is 7.04. The van der Waals surface area contributed by atoms with E-state index in [2.05, 4.69) is 15.0 Å². The van der Waals surface area contributed by atoms with Crippen LogP contribution in [0.25, 0.3) is 10.7 Å². The van der Waals surface area contributed by atoms with Gasteiger partial charge in [0.25, 0.3) is 11.8 Å². The molecule has 1 atom stereocenters. The average molecular weight is 394 g/mol. The van der Waals surface area contributed by atoms with Crippen LogP contribution in [-0.2, 0) is 4.74 Å². The van der Waals surface area contributed by atoms with Crippen molar-refractivity contribution in [3.8, 4) is 10.7 Å². The fourth-order valence-electron chi connectivity index (χ4n) is 3.08. The molecule has 0 fully saturated rings. The van der Waals surface area contributed by atoms with Gasteiger partial charge in [-0.2, -0.15) is 0 Å². The number of benzene rings is 1. The maximum absolute atomic E-state index is 12.8. The number of imide groups is 1. The van der Waals surface area contributed by atoms with E-state index < -0.39 is 12.0 Å². The highest BCUT2D eigenvalue weighted by atomic mass is 32.1. The minimum Gasteiger partial charge on any atom is -0.465 e. The van der Waals surface area contributed by atoms with Crippen molar-refractivity contribution in [3.05, 3.63) is 64.6 Å². The number of hydrogen-bond acceptors (Lipinski definition) is 8. The highest BCUT2D eigenvalue weighted by Gasteiger charge is 2.40. The van der Waals surface area contributed by atoms with E-state index in [0.29, 0.717) is 32.4 Å². The monoisotopic (exact) mass is 394 g/mol. The van der Waals surface area contributed by atoms with E-state index in [1.165, 1.54) is 30.6 Å². The molecule has 1 aromatic carbocycles. The highest BCUT2D eigenvalue weighted by Crippen LogP contribution is 2.35. The molecule has 140 valence electrons. The van der Waals surface area contributed by atoms with Crippen molar-refractivity contribution in [1.29, 1.82) is 0 Å². The lowest BCUT2D eigenvalue weighted by Crippen LogP contribution is -2.33. The number of ether oxygens (including phenoxy) is 1. The maximum atomic E-state index is 12.8. The molecule has 1 aliphatic heterocycles. The first kappa shape index (κ1) is 17.9. The van der Waals surface area contributed by atoms with E-state index in [4.69, 9.17) is 4.74 Å². The number of amides is 2. The molecule has 0 N–H and O–H groups in total. The van der Waals surface area contributed by atoms with Crippen LogP contribution in [0.1, 0.15) is 49.0 Å². The SMILES string of the molecule is COC(=O)c1cnc(-c2nccnc2C(C)N2C(=O)c3ccccc3C2=O)s1. The van der Waals surface area contributed by atoms with Gasteiger partial charge in [-0.05, 0) is 19.1 Å². The van der Waals surface area contributed by atoms with Crippen LogP contribution >= 0.6 is 11.3 Å². The van der Waals surface area contributed by atoms with Crippen molar-refractivity contribution in [3.63, 3.8) is 0 Å². The number of carbonyl (C=O) groups is 3. The molecule has 0 saturated heterocycles. The van der Waals surface area contributed by atoms with Crippen molar-refractivity contribution < 1.29 is 19.1 Å². The van der Waals surface area contributed by atoms with Crippen molar-refractivity contribution >= 4 is 29.1 Å². The Bertz CT molecular complexity index is 1080. The molecule has 2 amide bonds. The minimum absolute atomic E-state index is 0.322. The van der Waals surface area contributed by atoms with Crippen LogP contribution < -0.4 is 0 Å². The molecule has 1 unspecified atom stereocenters. The molecule has 0 bridgehead atoms. The molecule has 28 heavy (non-hydrogen) atoms. The summed E-state index contributed by atoms with van der Waals surface area (Å²) in [6.45, 7) is 1.71. The molecule has 3 aromatic rings. The van der Waals surface area contributed by atoms with Crippen LogP contribution in [0.5, 0.6) is 0 Å². The van der Waals surface area contributed by atoms with E-state index >= 15 is 0 Å². The molecular formula is C19H14N4O4S. The predicted molar refractivity (Wildman–Crippen MR) is 99.8 cm³/mol. The van der Waals surface area contributed by atoms with Gasteiger partial charge >= 0.3 is 5.97 Å². The number of thiazole rings is 1. The first-order valence-electron chi connectivity index (χ1n) is 8.35. The minimum atomic E-state index is -0.665. The standard InChI is InChI=1S/C19H14N4O4S/c1-10(23-17(24)11-5-3-4-6-12(11)18(23)25)14-15(21-8-7-20-14)16-22-9-13(28-16)19(26)27-2/h3-10H,1-2H3. The van der Waals surface area contributed by atoms with Crippen LogP contribution in [-0.4, -0.2) is 44.7 Å². The summed E-state index contributed by atoms with van der Waals surface area (Å²) in [5, 5.41) is 0.451. The number of nitrogens with zero attached hydrogens (tertiary/aromatic N) is 4. The smallest absolute Gasteiger partial charge is 0.349 e. The van der Waals surface area contributed by atoms with E-state index in [1.807, 2.05) is 0 Å². The lowest BCUT2D eigenvalue weighted by atomic mass is 10.1. The fraction of sp³-hybridized carbons (Fsp3) is 0.158. The number of carbonyl (C=O) groups excluding carboxylic acids is 3. The number of aromatic nitrogens is 3.